The van der Waals surface area contributed by atoms with Gasteiger partial charge in [-0.1, -0.05) is 38.1 Å². The quantitative estimate of drug-likeness (QED) is 0.271. The number of hydrogen-bond acceptors (Lipinski definition) is 3. The van der Waals surface area contributed by atoms with Gasteiger partial charge in [0.15, 0.2) is 0 Å². The van der Waals surface area contributed by atoms with Crippen LogP contribution in [-0.2, 0) is 17.1 Å². The number of allylic oxidation sites excluding steroid dienone is 1. The Bertz CT molecular complexity index is 1670. The summed E-state index contributed by atoms with van der Waals surface area (Å²) in [5.41, 5.74) is 2.31. The zero-order valence-corrected chi connectivity index (χ0v) is 25.6. The van der Waals surface area contributed by atoms with Gasteiger partial charge < -0.3 is 9.84 Å². The van der Waals surface area contributed by atoms with Crippen molar-refractivity contribution in [2.75, 3.05) is 6.54 Å². The van der Waals surface area contributed by atoms with Crippen LogP contribution in [0.1, 0.15) is 84.3 Å². The monoisotopic (exact) mass is 645 g/mol. The van der Waals surface area contributed by atoms with Gasteiger partial charge in [0.05, 0.1) is 22.7 Å². The SMILES string of the molecule is Cc1ccc(C2=C(CN3C(=O)OC(c4cc(C(F)(F)F)cc(C(F)(F)F)c4)C3C)CC(C)(C)CC2)cc1-c1ccc(C(=O)O)cc1. The average Bonchev–Trinajstić information content (AvgIpc) is 3.24. The van der Waals surface area contributed by atoms with Gasteiger partial charge in [0.25, 0.3) is 0 Å². The van der Waals surface area contributed by atoms with Crippen molar-refractivity contribution in [3.8, 4) is 11.1 Å². The summed E-state index contributed by atoms with van der Waals surface area (Å²) in [4.78, 5) is 25.9. The van der Waals surface area contributed by atoms with E-state index in [0.29, 0.717) is 25.0 Å². The molecule has 2 aliphatic rings. The van der Waals surface area contributed by atoms with Crippen molar-refractivity contribution < 1.29 is 45.8 Å². The third-order valence-corrected chi connectivity index (χ3v) is 8.89. The van der Waals surface area contributed by atoms with E-state index in [0.717, 1.165) is 39.8 Å². The summed E-state index contributed by atoms with van der Waals surface area (Å²) in [5, 5.41) is 9.28. The first kappa shape index (κ1) is 33.1. The zero-order chi connectivity index (χ0) is 33.8. The molecule has 0 saturated carbocycles. The van der Waals surface area contributed by atoms with Gasteiger partial charge in [-0.25, -0.2) is 9.59 Å². The van der Waals surface area contributed by atoms with Gasteiger partial charge in [-0.15, -0.1) is 0 Å². The molecule has 3 aromatic carbocycles. The van der Waals surface area contributed by atoms with Gasteiger partial charge in [0.2, 0.25) is 0 Å². The molecule has 0 aromatic heterocycles. The first-order valence-electron chi connectivity index (χ1n) is 14.8. The van der Waals surface area contributed by atoms with E-state index in [2.05, 4.69) is 13.8 Å². The van der Waals surface area contributed by atoms with Crippen LogP contribution in [0.15, 0.2) is 66.2 Å². The topological polar surface area (TPSA) is 66.8 Å². The molecule has 46 heavy (non-hydrogen) atoms. The summed E-state index contributed by atoms with van der Waals surface area (Å²) in [6.07, 6.45) is -10.1. The van der Waals surface area contributed by atoms with Crippen molar-refractivity contribution in [1.29, 1.82) is 0 Å². The van der Waals surface area contributed by atoms with E-state index in [1.807, 2.05) is 25.1 Å². The number of alkyl halides is 6. The van der Waals surface area contributed by atoms with Crippen molar-refractivity contribution in [2.45, 2.75) is 71.5 Å². The largest absolute Gasteiger partial charge is 0.478 e. The van der Waals surface area contributed by atoms with Crippen molar-refractivity contribution in [1.82, 2.24) is 4.90 Å². The number of halogens is 6. The lowest BCUT2D eigenvalue weighted by molar-refractivity contribution is -0.143. The lowest BCUT2D eigenvalue weighted by Gasteiger charge is -2.35. The molecule has 5 rings (SSSR count). The number of aromatic carboxylic acids is 1. The second-order valence-corrected chi connectivity index (χ2v) is 12.8. The molecule has 2 atom stereocenters. The molecule has 1 fully saturated rings. The minimum atomic E-state index is -5.03. The molecule has 11 heteroatoms. The Balaban J connectivity index is 1.51. The molecule has 0 bridgehead atoms. The fourth-order valence-corrected chi connectivity index (χ4v) is 6.33. The Morgan fingerprint density at radius 2 is 1.52 bits per heavy atom. The highest BCUT2D eigenvalue weighted by Crippen LogP contribution is 2.46. The molecule has 0 spiro atoms. The smallest absolute Gasteiger partial charge is 0.416 e. The van der Waals surface area contributed by atoms with Gasteiger partial charge >= 0.3 is 24.4 Å². The highest BCUT2D eigenvalue weighted by Gasteiger charge is 2.44. The molecule has 1 N–H and O–H groups in total. The molecule has 244 valence electrons. The van der Waals surface area contributed by atoms with Crippen LogP contribution in [0.5, 0.6) is 0 Å². The van der Waals surface area contributed by atoms with Gasteiger partial charge in [0, 0.05) is 6.54 Å². The number of hydrogen-bond donors (Lipinski definition) is 1. The van der Waals surface area contributed by atoms with E-state index in [-0.39, 0.29) is 29.2 Å². The van der Waals surface area contributed by atoms with Crippen LogP contribution in [0.2, 0.25) is 0 Å². The molecule has 5 nitrogen and oxygen atoms in total. The number of nitrogens with zero attached hydrogens (tertiary/aromatic N) is 1. The fourth-order valence-electron chi connectivity index (χ4n) is 6.33. The maximum Gasteiger partial charge on any atom is 0.416 e. The van der Waals surface area contributed by atoms with Crippen LogP contribution in [0.4, 0.5) is 31.1 Å². The highest BCUT2D eigenvalue weighted by atomic mass is 19.4. The molecule has 1 aliphatic heterocycles. The maximum atomic E-state index is 13.6. The third-order valence-electron chi connectivity index (χ3n) is 8.89. The normalized spacial score (nSPS) is 20.2. The van der Waals surface area contributed by atoms with Crippen LogP contribution in [0.25, 0.3) is 16.7 Å². The molecular formula is C35H33F6NO4. The number of cyclic esters (lactones) is 1. The van der Waals surface area contributed by atoms with Crippen LogP contribution in [0.3, 0.4) is 0 Å². The van der Waals surface area contributed by atoms with Crippen LogP contribution in [0, 0.1) is 12.3 Å². The van der Waals surface area contributed by atoms with E-state index in [9.17, 15) is 41.0 Å². The van der Waals surface area contributed by atoms with E-state index in [1.54, 1.807) is 19.1 Å². The Kier molecular flexibility index (Phi) is 8.50. The molecule has 1 heterocycles. The predicted octanol–water partition coefficient (Wildman–Crippen LogP) is 9.94. The summed E-state index contributed by atoms with van der Waals surface area (Å²) in [6.45, 7) is 7.80. The Hall–Kier alpha value is -4.28. The summed E-state index contributed by atoms with van der Waals surface area (Å²) in [7, 11) is 0. The predicted molar refractivity (Wildman–Crippen MR) is 160 cm³/mol. The number of carboxylic acids is 1. The van der Waals surface area contributed by atoms with Crippen molar-refractivity contribution in [2.24, 2.45) is 5.41 Å². The second-order valence-electron chi connectivity index (χ2n) is 12.8. The number of amides is 1. The summed E-state index contributed by atoms with van der Waals surface area (Å²) >= 11 is 0. The van der Waals surface area contributed by atoms with E-state index in [4.69, 9.17) is 4.74 Å². The van der Waals surface area contributed by atoms with Gasteiger partial charge in [-0.05, 0) is 114 Å². The number of ether oxygens (including phenoxy) is 1. The number of benzene rings is 3. The summed E-state index contributed by atoms with van der Waals surface area (Å²) < 4.78 is 86.8. The van der Waals surface area contributed by atoms with Crippen molar-refractivity contribution in [3.63, 3.8) is 0 Å². The summed E-state index contributed by atoms with van der Waals surface area (Å²) in [5.74, 6) is -1.03. The maximum absolute atomic E-state index is 13.6. The molecule has 1 saturated heterocycles. The first-order valence-corrected chi connectivity index (χ1v) is 14.8. The molecule has 0 radical (unpaired) electrons. The Labute approximate surface area is 262 Å². The Morgan fingerprint density at radius 3 is 2.09 bits per heavy atom. The minimum Gasteiger partial charge on any atom is -0.478 e. The molecule has 1 amide bonds. The minimum absolute atomic E-state index is 0.0558. The number of carboxylic acid groups (broad SMARTS) is 1. The standard InChI is InChI=1S/C35H33F6NO4/c1-19-5-6-23(15-29(19)21-7-9-22(10-8-21)31(43)44)28-11-12-33(3,4)17-25(28)18-42-20(2)30(46-32(42)45)24-13-26(34(36,37)38)16-27(14-24)35(39,40)41/h5-10,13-16,20,30H,11-12,17-18H2,1-4H3,(H,43,44). The summed E-state index contributed by atoms with van der Waals surface area (Å²) in [6, 6.07) is 13.0. The Morgan fingerprint density at radius 1 is 0.935 bits per heavy atom. The molecule has 2 unspecified atom stereocenters. The van der Waals surface area contributed by atoms with Crippen molar-refractivity contribution in [3.05, 3.63) is 99.6 Å². The van der Waals surface area contributed by atoms with Crippen LogP contribution >= 0.6 is 0 Å². The van der Waals surface area contributed by atoms with E-state index < -0.39 is 47.7 Å². The number of carbonyl (C=O) groups is 2. The highest BCUT2D eigenvalue weighted by molar-refractivity contribution is 5.88. The second kappa shape index (κ2) is 11.8. The molecule has 3 aromatic rings. The average molecular weight is 646 g/mol. The van der Waals surface area contributed by atoms with Crippen molar-refractivity contribution >= 4 is 17.6 Å². The van der Waals surface area contributed by atoms with Crippen LogP contribution < -0.4 is 0 Å². The third kappa shape index (κ3) is 6.78. The number of carbonyl (C=O) groups excluding carboxylic acids is 1. The lowest BCUT2D eigenvalue weighted by atomic mass is 9.72. The lowest BCUT2D eigenvalue weighted by Crippen LogP contribution is -2.35. The molecule has 1 aliphatic carbocycles. The van der Waals surface area contributed by atoms with Gasteiger partial charge in [0.1, 0.15) is 6.10 Å². The zero-order valence-electron chi connectivity index (χ0n) is 25.6. The van der Waals surface area contributed by atoms with Crippen LogP contribution in [-0.4, -0.2) is 34.7 Å². The fraction of sp³-hybridized carbons (Fsp3) is 0.371. The molecular weight excluding hydrogens is 612 g/mol. The van der Waals surface area contributed by atoms with E-state index in [1.165, 1.54) is 17.0 Å². The van der Waals surface area contributed by atoms with Gasteiger partial charge in [-0.3, -0.25) is 4.90 Å². The van der Waals surface area contributed by atoms with Gasteiger partial charge in [-0.2, -0.15) is 26.3 Å². The number of aryl methyl sites for hydroxylation is 1. The number of rotatable bonds is 6. The van der Waals surface area contributed by atoms with E-state index >= 15 is 0 Å². The first-order chi connectivity index (χ1) is 21.3.